The van der Waals surface area contributed by atoms with Gasteiger partial charge in [-0.1, -0.05) is 0 Å². The number of thiazole rings is 1. The van der Waals surface area contributed by atoms with Crippen molar-refractivity contribution < 1.29 is 19.4 Å². The minimum absolute atomic E-state index is 0.0145. The van der Waals surface area contributed by atoms with Gasteiger partial charge in [-0.25, -0.2) is 4.98 Å². The molecule has 27 heavy (non-hydrogen) atoms. The minimum atomic E-state index is -0.247. The van der Waals surface area contributed by atoms with Gasteiger partial charge in [0.15, 0.2) is 11.5 Å². The summed E-state index contributed by atoms with van der Waals surface area (Å²) in [5.74, 6) is 1.12. The third-order valence-electron chi connectivity index (χ3n) is 3.82. The molecule has 0 aliphatic rings. The van der Waals surface area contributed by atoms with Gasteiger partial charge in [0.05, 0.1) is 25.1 Å². The number of hydrogen-bond acceptors (Lipinski definition) is 6. The van der Waals surface area contributed by atoms with E-state index >= 15 is 0 Å². The van der Waals surface area contributed by atoms with E-state index in [0.717, 1.165) is 21.8 Å². The molecule has 0 aliphatic carbocycles. The Morgan fingerprint density at radius 2 is 1.96 bits per heavy atom. The second-order valence-electron chi connectivity index (χ2n) is 5.75. The van der Waals surface area contributed by atoms with E-state index in [1.54, 1.807) is 25.3 Å². The molecule has 0 atom stereocenters. The lowest BCUT2D eigenvalue weighted by molar-refractivity contribution is -0.114. The van der Waals surface area contributed by atoms with E-state index in [0.29, 0.717) is 23.8 Å². The Balaban J connectivity index is 1.92. The zero-order valence-electron chi connectivity index (χ0n) is 15.3. The molecule has 1 heterocycles. The van der Waals surface area contributed by atoms with Gasteiger partial charge in [0.25, 0.3) is 0 Å². The first-order valence-electron chi connectivity index (χ1n) is 8.39. The molecule has 1 amide bonds. The van der Waals surface area contributed by atoms with Crippen LogP contribution in [0.3, 0.4) is 0 Å². The van der Waals surface area contributed by atoms with Crippen molar-refractivity contribution in [3.05, 3.63) is 41.8 Å². The number of methoxy groups -OCH3 is 1. The van der Waals surface area contributed by atoms with Crippen LogP contribution in [0.5, 0.6) is 17.2 Å². The lowest BCUT2D eigenvalue weighted by Crippen LogP contribution is -2.05. The Morgan fingerprint density at radius 1 is 1.19 bits per heavy atom. The van der Waals surface area contributed by atoms with Crippen molar-refractivity contribution in [2.24, 2.45) is 0 Å². The number of phenolic OH excluding ortho intramolecular Hbond substituents is 1. The van der Waals surface area contributed by atoms with Crippen LogP contribution < -0.4 is 14.8 Å². The Morgan fingerprint density at radius 3 is 2.67 bits per heavy atom. The van der Waals surface area contributed by atoms with E-state index in [9.17, 15) is 9.90 Å². The minimum Gasteiger partial charge on any atom is -0.506 e. The van der Waals surface area contributed by atoms with E-state index in [1.165, 1.54) is 18.3 Å². The average molecular weight is 384 g/mol. The standard InChI is InChI=1S/C20H20N2O4S/c1-4-26-18-8-6-14(10-19(18)25-3)20-22-16(11-27-20)13-5-7-17(24)15(9-13)21-12(2)23/h5-11,24H,4H2,1-3H3,(H,21,23). The van der Waals surface area contributed by atoms with Crippen molar-refractivity contribution in [3.8, 4) is 39.1 Å². The van der Waals surface area contributed by atoms with Gasteiger partial charge in [-0.05, 0) is 43.3 Å². The number of carbonyl (C=O) groups excluding carboxylic acids is 1. The first-order valence-corrected chi connectivity index (χ1v) is 9.27. The van der Waals surface area contributed by atoms with Crippen LogP contribution in [-0.4, -0.2) is 29.7 Å². The molecule has 0 saturated heterocycles. The van der Waals surface area contributed by atoms with Crippen molar-refractivity contribution in [1.82, 2.24) is 4.98 Å². The molecular formula is C20H20N2O4S. The molecule has 6 nitrogen and oxygen atoms in total. The Bertz CT molecular complexity index is 968. The van der Waals surface area contributed by atoms with Crippen LogP contribution in [0.4, 0.5) is 5.69 Å². The van der Waals surface area contributed by atoms with Crippen LogP contribution in [-0.2, 0) is 4.79 Å². The molecule has 0 saturated carbocycles. The normalized spacial score (nSPS) is 10.5. The number of phenols is 1. The van der Waals surface area contributed by atoms with Crippen LogP contribution in [0, 0.1) is 0 Å². The number of benzene rings is 2. The quantitative estimate of drug-likeness (QED) is 0.610. The molecule has 0 radical (unpaired) electrons. The van der Waals surface area contributed by atoms with E-state index in [1.807, 2.05) is 30.5 Å². The maximum Gasteiger partial charge on any atom is 0.221 e. The summed E-state index contributed by atoms with van der Waals surface area (Å²) in [5.41, 5.74) is 2.84. The fourth-order valence-electron chi connectivity index (χ4n) is 2.60. The summed E-state index contributed by atoms with van der Waals surface area (Å²) in [6, 6.07) is 10.7. The number of hydrogen-bond donors (Lipinski definition) is 2. The van der Waals surface area contributed by atoms with Gasteiger partial charge in [0.1, 0.15) is 10.8 Å². The largest absolute Gasteiger partial charge is 0.506 e. The monoisotopic (exact) mass is 384 g/mol. The molecule has 7 heteroatoms. The molecule has 3 aromatic rings. The van der Waals surface area contributed by atoms with Gasteiger partial charge in [-0.2, -0.15) is 0 Å². The predicted octanol–water partition coefficient (Wildman–Crippen LogP) is 4.55. The number of rotatable bonds is 6. The van der Waals surface area contributed by atoms with E-state index in [-0.39, 0.29) is 11.7 Å². The van der Waals surface area contributed by atoms with Crippen molar-refractivity contribution in [3.63, 3.8) is 0 Å². The zero-order valence-corrected chi connectivity index (χ0v) is 16.1. The van der Waals surface area contributed by atoms with Crippen LogP contribution in [0.25, 0.3) is 21.8 Å². The number of anilines is 1. The highest BCUT2D eigenvalue weighted by molar-refractivity contribution is 7.13. The van der Waals surface area contributed by atoms with Gasteiger partial charge >= 0.3 is 0 Å². The molecule has 0 spiro atoms. The molecular weight excluding hydrogens is 364 g/mol. The molecule has 0 unspecified atom stereocenters. The summed E-state index contributed by atoms with van der Waals surface area (Å²) in [6.45, 7) is 3.88. The van der Waals surface area contributed by atoms with Crippen molar-refractivity contribution >= 4 is 22.9 Å². The van der Waals surface area contributed by atoms with Crippen LogP contribution in [0.2, 0.25) is 0 Å². The Hall–Kier alpha value is -3.06. The van der Waals surface area contributed by atoms with Crippen molar-refractivity contribution in [1.29, 1.82) is 0 Å². The van der Waals surface area contributed by atoms with E-state index in [4.69, 9.17) is 9.47 Å². The number of nitrogens with zero attached hydrogens (tertiary/aromatic N) is 1. The van der Waals surface area contributed by atoms with Gasteiger partial charge in [-0.15, -0.1) is 11.3 Å². The Labute approximate surface area is 161 Å². The molecule has 2 N–H and O–H groups in total. The predicted molar refractivity (Wildman–Crippen MR) is 107 cm³/mol. The second kappa shape index (κ2) is 8.09. The molecule has 0 fully saturated rings. The molecule has 140 valence electrons. The van der Waals surface area contributed by atoms with E-state index in [2.05, 4.69) is 10.3 Å². The molecule has 3 rings (SSSR count). The van der Waals surface area contributed by atoms with E-state index < -0.39 is 0 Å². The number of nitrogens with one attached hydrogen (secondary N) is 1. The molecule has 1 aromatic heterocycles. The van der Waals surface area contributed by atoms with Crippen molar-refractivity contribution in [2.75, 3.05) is 19.0 Å². The summed E-state index contributed by atoms with van der Waals surface area (Å²) in [4.78, 5) is 16.0. The fraction of sp³-hybridized carbons (Fsp3) is 0.200. The number of ether oxygens (including phenoxy) is 2. The third kappa shape index (κ3) is 4.20. The summed E-state index contributed by atoms with van der Waals surface area (Å²) in [6.07, 6.45) is 0. The first kappa shape index (κ1) is 18.7. The van der Waals surface area contributed by atoms with Crippen LogP contribution >= 0.6 is 11.3 Å². The highest BCUT2D eigenvalue weighted by atomic mass is 32.1. The molecule has 0 bridgehead atoms. The van der Waals surface area contributed by atoms with Crippen LogP contribution in [0.15, 0.2) is 41.8 Å². The van der Waals surface area contributed by atoms with Crippen LogP contribution in [0.1, 0.15) is 13.8 Å². The summed E-state index contributed by atoms with van der Waals surface area (Å²) < 4.78 is 11.0. The van der Waals surface area contributed by atoms with Gasteiger partial charge in [0, 0.05) is 23.4 Å². The Kier molecular flexibility index (Phi) is 5.61. The summed E-state index contributed by atoms with van der Waals surface area (Å²) >= 11 is 1.50. The fourth-order valence-corrected chi connectivity index (χ4v) is 3.43. The molecule has 2 aromatic carbocycles. The van der Waals surface area contributed by atoms with Gasteiger partial charge in [-0.3, -0.25) is 4.79 Å². The number of amides is 1. The highest BCUT2D eigenvalue weighted by Crippen LogP contribution is 2.36. The second-order valence-corrected chi connectivity index (χ2v) is 6.61. The first-order chi connectivity index (χ1) is 13.0. The topological polar surface area (TPSA) is 80.7 Å². The summed E-state index contributed by atoms with van der Waals surface area (Å²) in [5, 5.41) is 15.3. The average Bonchev–Trinajstić information content (AvgIpc) is 3.14. The maximum atomic E-state index is 11.3. The molecule has 0 aliphatic heterocycles. The van der Waals surface area contributed by atoms with Gasteiger partial charge in [0.2, 0.25) is 5.91 Å². The third-order valence-corrected chi connectivity index (χ3v) is 4.71. The lowest BCUT2D eigenvalue weighted by Gasteiger charge is -2.10. The van der Waals surface area contributed by atoms with Crippen molar-refractivity contribution in [2.45, 2.75) is 13.8 Å². The SMILES string of the molecule is CCOc1ccc(-c2nc(-c3ccc(O)c(NC(C)=O)c3)cs2)cc1OC. The number of carbonyl (C=O) groups is 1. The summed E-state index contributed by atoms with van der Waals surface area (Å²) in [7, 11) is 1.61. The van der Waals surface area contributed by atoms with Gasteiger partial charge < -0.3 is 19.9 Å². The number of aromatic hydroxyl groups is 1. The smallest absolute Gasteiger partial charge is 0.221 e. The highest BCUT2D eigenvalue weighted by Gasteiger charge is 2.12. The lowest BCUT2D eigenvalue weighted by atomic mass is 10.1. The zero-order chi connectivity index (χ0) is 19.4. The number of aromatic nitrogens is 1. The maximum absolute atomic E-state index is 11.3.